The fourth-order valence-corrected chi connectivity index (χ4v) is 2.90. The second kappa shape index (κ2) is 8.87. The molecule has 0 atom stereocenters. The van der Waals surface area contributed by atoms with Crippen molar-refractivity contribution < 1.29 is 37.4 Å². The van der Waals surface area contributed by atoms with E-state index in [1.54, 1.807) is 12.1 Å². The molecule has 11 heteroatoms. The first kappa shape index (κ1) is 21.2. The van der Waals surface area contributed by atoms with Crippen molar-refractivity contribution in [1.29, 1.82) is 0 Å². The molecule has 0 unspecified atom stereocenters. The first-order valence-electron chi connectivity index (χ1n) is 8.41. The maximum absolute atomic E-state index is 12.2. The summed E-state index contributed by atoms with van der Waals surface area (Å²) in [4.78, 5) is 49.0. The second-order valence-electron chi connectivity index (χ2n) is 5.97. The molecule has 3 rings (SSSR count). The largest absolute Gasteiger partial charge is 0.454 e. The van der Waals surface area contributed by atoms with Crippen LogP contribution in [0.1, 0.15) is 20.7 Å². The fraction of sp³-hybridized carbons (Fsp3) is 0.158. The van der Waals surface area contributed by atoms with Crippen LogP contribution in [0.3, 0.4) is 0 Å². The summed E-state index contributed by atoms with van der Waals surface area (Å²) in [5, 5.41) is 2.20. The van der Waals surface area contributed by atoms with Crippen molar-refractivity contribution in [3.05, 3.63) is 58.6 Å². The van der Waals surface area contributed by atoms with Gasteiger partial charge in [-0.05, 0) is 30.3 Å². The number of amides is 3. The van der Waals surface area contributed by atoms with Crippen molar-refractivity contribution >= 4 is 41.0 Å². The molecule has 1 N–H and O–H groups in total. The number of hydrogen-bond donors (Lipinski definition) is 1. The van der Waals surface area contributed by atoms with Crippen LogP contribution in [0.25, 0.3) is 0 Å². The van der Waals surface area contributed by atoms with Crippen molar-refractivity contribution in [3.8, 4) is 5.75 Å². The van der Waals surface area contributed by atoms with Crippen molar-refractivity contribution in [3.63, 3.8) is 0 Å². The molecule has 0 saturated carbocycles. The smallest absolute Gasteiger partial charge is 0.387 e. The molecule has 30 heavy (non-hydrogen) atoms. The lowest BCUT2D eigenvalue weighted by molar-refractivity contribution is -0.147. The zero-order chi connectivity index (χ0) is 21.8. The molecule has 0 aliphatic carbocycles. The van der Waals surface area contributed by atoms with Gasteiger partial charge in [0.05, 0.1) is 16.1 Å². The summed E-state index contributed by atoms with van der Waals surface area (Å²) in [6.45, 7) is -4.40. The van der Waals surface area contributed by atoms with E-state index in [0.717, 1.165) is 11.0 Å². The summed E-state index contributed by atoms with van der Waals surface area (Å²) < 4.78 is 33.4. The second-order valence-corrected chi connectivity index (χ2v) is 6.38. The molecule has 1 aliphatic rings. The number of nitrogens with zero attached hydrogens (tertiary/aromatic N) is 1. The van der Waals surface area contributed by atoms with Crippen molar-refractivity contribution in [2.45, 2.75) is 6.61 Å². The Balaban J connectivity index is 1.51. The van der Waals surface area contributed by atoms with Gasteiger partial charge in [0, 0.05) is 5.69 Å². The predicted molar refractivity (Wildman–Crippen MR) is 99.5 cm³/mol. The van der Waals surface area contributed by atoms with Gasteiger partial charge in [0.1, 0.15) is 12.3 Å². The Morgan fingerprint density at radius 1 is 1.07 bits per heavy atom. The number of fused-ring (bicyclic) bond motifs is 1. The lowest BCUT2D eigenvalue weighted by Gasteiger charge is -2.13. The third kappa shape index (κ3) is 4.71. The predicted octanol–water partition coefficient (Wildman–Crippen LogP) is 2.72. The summed E-state index contributed by atoms with van der Waals surface area (Å²) >= 11 is 5.78. The van der Waals surface area contributed by atoms with E-state index in [-0.39, 0.29) is 27.6 Å². The van der Waals surface area contributed by atoms with Crippen LogP contribution in [-0.4, -0.2) is 48.4 Å². The number of nitrogens with one attached hydrogen (secondary N) is 1. The number of carbonyl (C=O) groups excluding carboxylic acids is 4. The van der Waals surface area contributed by atoms with Gasteiger partial charge in [0.25, 0.3) is 17.7 Å². The van der Waals surface area contributed by atoms with Crippen LogP contribution in [0, 0.1) is 0 Å². The summed E-state index contributed by atoms with van der Waals surface area (Å²) in [6, 6.07) is 9.70. The third-order valence-electron chi connectivity index (χ3n) is 3.96. The molecule has 0 saturated heterocycles. The zero-order valence-electron chi connectivity index (χ0n) is 15.1. The molecule has 156 valence electrons. The minimum Gasteiger partial charge on any atom is -0.454 e. The Bertz CT molecular complexity index is 995. The van der Waals surface area contributed by atoms with Crippen LogP contribution in [0.4, 0.5) is 14.5 Å². The molecular formula is C19H13ClF2N2O6. The van der Waals surface area contributed by atoms with E-state index < -0.39 is 43.5 Å². The zero-order valence-corrected chi connectivity index (χ0v) is 15.8. The van der Waals surface area contributed by atoms with E-state index in [4.69, 9.17) is 16.3 Å². The number of benzene rings is 2. The number of halogens is 3. The summed E-state index contributed by atoms with van der Waals surface area (Å²) in [5.41, 5.74) is 0.524. The van der Waals surface area contributed by atoms with E-state index in [2.05, 4.69) is 10.1 Å². The monoisotopic (exact) mass is 438 g/mol. The molecule has 0 aromatic heterocycles. The highest BCUT2D eigenvalue weighted by Crippen LogP contribution is 2.29. The molecule has 3 amide bonds. The number of imide groups is 1. The summed E-state index contributed by atoms with van der Waals surface area (Å²) in [6.07, 6.45) is 0. The van der Waals surface area contributed by atoms with Crippen molar-refractivity contribution in [2.75, 3.05) is 18.5 Å². The number of esters is 1. The Morgan fingerprint density at radius 3 is 2.27 bits per heavy atom. The summed E-state index contributed by atoms with van der Waals surface area (Å²) in [7, 11) is 0. The van der Waals surface area contributed by atoms with Gasteiger partial charge in [-0.3, -0.25) is 24.1 Å². The van der Waals surface area contributed by atoms with E-state index in [1.165, 1.54) is 24.3 Å². The van der Waals surface area contributed by atoms with Gasteiger partial charge in [-0.25, -0.2) is 0 Å². The molecule has 1 heterocycles. The van der Waals surface area contributed by atoms with Gasteiger partial charge in [-0.1, -0.05) is 23.7 Å². The topological polar surface area (TPSA) is 102 Å². The molecule has 1 aliphatic heterocycles. The fourth-order valence-electron chi connectivity index (χ4n) is 2.67. The lowest BCUT2D eigenvalue weighted by Crippen LogP contribution is -2.36. The van der Waals surface area contributed by atoms with Crippen LogP contribution >= 0.6 is 11.6 Å². The SMILES string of the molecule is O=C(COC(=O)CN1C(=O)c2ccccc2C1=O)Nc1ccc(OC(F)F)c(Cl)c1. The highest BCUT2D eigenvalue weighted by Gasteiger charge is 2.36. The van der Waals surface area contributed by atoms with E-state index >= 15 is 0 Å². The number of rotatable bonds is 7. The highest BCUT2D eigenvalue weighted by atomic mass is 35.5. The minimum atomic E-state index is -3.05. The maximum atomic E-state index is 12.2. The highest BCUT2D eigenvalue weighted by molar-refractivity contribution is 6.32. The van der Waals surface area contributed by atoms with Gasteiger partial charge < -0.3 is 14.8 Å². The Hall–Kier alpha value is -3.53. The number of carbonyl (C=O) groups is 4. The number of alkyl halides is 2. The van der Waals surface area contributed by atoms with E-state index in [1.807, 2.05) is 0 Å². The Labute approximate surface area is 173 Å². The van der Waals surface area contributed by atoms with Gasteiger partial charge in [-0.2, -0.15) is 8.78 Å². The molecule has 0 spiro atoms. The van der Waals surface area contributed by atoms with Crippen LogP contribution in [0.15, 0.2) is 42.5 Å². The van der Waals surface area contributed by atoms with Gasteiger partial charge >= 0.3 is 12.6 Å². The lowest BCUT2D eigenvalue weighted by atomic mass is 10.1. The minimum absolute atomic E-state index is 0.156. The average Bonchev–Trinajstić information content (AvgIpc) is 2.93. The molecule has 8 nitrogen and oxygen atoms in total. The van der Waals surface area contributed by atoms with Crippen LogP contribution in [0.5, 0.6) is 5.75 Å². The van der Waals surface area contributed by atoms with Crippen LogP contribution < -0.4 is 10.1 Å². The first-order chi connectivity index (χ1) is 14.3. The van der Waals surface area contributed by atoms with Crippen LogP contribution in [0.2, 0.25) is 5.02 Å². The van der Waals surface area contributed by atoms with Crippen molar-refractivity contribution in [2.24, 2.45) is 0 Å². The average molecular weight is 439 g/mol. The normalized spacial score (nSPS) is 12.7. The van der Waals surface area contributed by atoms with E-state index in [0.29, 0.717) is 0 Å². The van der Waals surface area contributed by atoms with Crippen LogP contribution in [-0.2, 0) is 14.3 Å². The van der Waals surface area contributed by atoms with Gasteiger partial charge in [0.2, 0.25) is 0 Å². The van der Waals surface area contributed by atoms with E-state index in [9.17, 15) is 28.0 Å². The molecule has 0 bridgehead atoms. The molecule has 0 radical (unpaired) electrons. The standard InChI is InChI=1S/C19H13ClF2N2O6/c20-13-7-10(5-6-14(13)30-19(21)22)23-15(25)9-29-16(26)8-24-17(27)11-3-1-2-4-12(11)18(24)28/h1-7,19H,8-9H2,(H,23,25). The first-order valence-corrected chi connectivity index (χ1v) is 8.79. The number of ether oxygens (including phenoxy) is 2. The third-order valence-corrected chi connectivity index (χ3v) is 4.26. The molecule has 2 aromatic rings. The molecule has 0 fully saturated rings. The number of hydrogen-bond acceptors (Lipinski definition) is 6. The Kier molecular flexibility index (Phi) is 6.26. The molecular weight excluding hydrogens is 426 g/mol. The quantitative estimate of drug-likeness (QED) is 0.527. The number of anilines is 1. The van der Waals surface area contributed by atoms with Crippen molar-refractivity contribution in [1.82, 2.24) is 4.90 Å². The molecule has 2 aromatic carbocycles. The summed E-state index contributed by atoms with van der Waals surface area (Å²) in [5.74, 6) is -3.23. The van der Waals surface area contributed by atoms with Gasteiger partial charge in [-0.15, -0.1) is 0 Å². The van der Waals surface area contributed by atoms with Gasteiger partial charge in [0.15, 0.2) is 6.61 Å². The Morgan fingerprint density at radius 2 is 1.70 bits per heavy atom. The maximum Gasteiger partial charge on any atom is 0.387 e.